The van der Waals surface area contributed by atoms with E-state index in [2.05, 4.69) is 9.97 Å². The van der Waals surface area contributed by atoms with Crippen LogP contribution in [0.2, 0.25) is 0 Å². The average molecular weight is 347 g/mol. The van der Waals surface area contributed by atoms with E-state index in [4.69, 9.17) is 0 Å². The molecule has 25 heavy (non-hydrogen) atoms. The number of carbonyl (C=O) groups excluding carboxylic acids is 1. The summed E-state index contributed by atoms with van der Waals surface area (Å²) in [7, 11) is 0. The normalized spacial score (nSPS) is 19.4. The van der Waals surface area contributed by atoms with E-state index >= 15 is 0 Å². The van der Waals surface area contributed by atoms with E-state index in [9.17, 15) is 18.0 Å². The number of hydrogen-bond donors (Lipinski definition) is 0. The maximum Gasteiger partial charge on any atom is 0.433 e. The van der Waals surface area contributed by atoms with E-state index in [1.807, 2.05) is 4.90 Å². The molecule has 0 atom stereocenters. The van der Waals surface area contributed by atoms with E-state index in [1.54, 1.807) is 24.5 Å². The second-order valence-corrected chi connectivity index (χ2v) is 6.97. The summed E-state index contributed by atoms with van der Waals surface area (Å²) in [4.78, 5) is 21.9. The van der Waals surface area contributed by atoms with Crippen molar-refractivity contribution < 1.29 is 18.0 Å². The number of halogens is 3. The van der Waals surface area contributed by atoms with E-state index in [0.717, 1.165) is 32.0 Å². The Bertz CT molecular complexity index is 775. The Labute approximate surface area is 142 Å². The van der Waals surface area contributed by atoms with Crippen molar-refractivity contribution in [3.8, 4) is 0 Å². The molecule has 130 valence electrons. The lowest BCUT2D eigenvalue weighted by molar-refractivity contribution is -0.141. The van der Waals surface area contributed by atoms with Crippen LogP contribution < -0.4 is 4.90 Å². The summed E-state index contributed by atoms with van der Waals surface area (Å²) in [5.74, 6) is 0.158. The highest BCUT2D eigenvalue weighted by Crippen LogP contribution is 2.53. The Morgan fingerprint density at radius 2 is 1.92 bits per heavy atom. The fourth-order valence-electron chi connectivity index (χ4n) is 3.86. The molecule has 1 aliphatic heterocycles. The zero-order chi connectivity index (χ0) is 17.7. The fraction of sp³-hybridized carbons (Fsp3) is 0.389. The van der Waals surface area contributed by atoms with Crippen LogP contribution in [0.1, 0.15) is 28.9 Å². The lowest BCUT2D eigenvalue weighted by Gasteiger charge is -2.59. The molecule has 1 saturated carbocycles. The summed E-state index contributed by atoms with van der Waals surface area (Å²) in [5, 5.41) is 0. The summed E-state index contributed by atoms with van der Waals surface area (Å²) < 4.78 is 37.6. The molecule has 0 aromatic carbocycles. The topological polar surface area (TPSA) is 46.1 Å². The number of nitrogens with zero attached hydrogens (tertiary/aromatic N) is 3. The molecule has 4 nitrogen and oxygen atoms in total. The molecule has 2 aromatic heterocycles. The molecule has 7 heteroatoms. The van der Waals surface area contributed by atoms with Crippen LogP contribution >= 0.6 is 0 Å². The van der Waals surface area contributed by atoms with Gasteiger partial charge in [0.25, 0.3) is 0 Å². The van der Waals surface area contributed by atoms with Gasteiger partial charge in [-0.2, -0.15) is 13.2 Å². The van der Waals surface area contributed by atoms with Gasteiger partial charge in [0.05, 0.1) is 11.9 Å². The van der Waals surface area contributed by atoms with Crippen LogP contribution in [0.25, 0.3) is 0 Å². The van der Waals surface area contributed by atoms with E-state index in [-0.39, 0.29) is 17.1 Å². The highest BCUT2D eigenvalue weighted by molar-refractivity contribution is 5.98. The number of ketones is 1. The smallest absolute Gasteiger partial charge is 0.369 e. The first-order chi connectivity index (χ1) is 11.9. The van der Waals surface area contributed by atoms with E-state index < -0.39 is 11.9 Å². The van der Waals surface area contributed by atoms with Gasteiger partial charge in [-0.05, 0) is 37.1 Å². The van der Waals surface area contributed by atoms with Crippen LogP contribution in [0.3, 0.4) is 0 Å². The zero-order valence-electron chi connectivity index (χ0n) is 13.3. The molecular formula is C18H16F3N3O. The number of rotatable bonds is 3. The summed E-state index contributed by atoms with van der Waals surface area (Å²) in [6, 6.07) is 6.00. The Hall–Kier alpha value is -2.44. The highest BCUT2D eigenvalue weighted by atomic mass is 19.4. The fourth-order valence-corrected chi connectivity index (χ4v) is 3.86. The molecule has 2 aliphatic rings. The predicted octanol–water partition coefficient (Wildman–Crippen LogP) is 3.59. The van der Waals surface area contributed by atoms with E-state index in [0.29, 0.717) is 11.3 Å². The lowest BCUT2D eigenvalue weighted by Crippen LogP contribution is -2.63. The minimum Gasteiger partial charge on any atom is -0.369 e. The number of hydrogen-bond acceptors (Lipinski definition) is 4. The summed E-state index contributed by atoms with van der Waals surface area (Å²) >= 11 is 0. The average Bonchev–Trinajstić information content (AvgIpc) is 2.52. The molecule has 0 amide bonds. The van der Waals surface area contributed by atoms with E-state index in [1.165, 1.54) is 12.3 Å². The molecule has 1 aliphatic carbocycles. The molecule has 1 saturated heterocycles. The van der Waals surface area contributed by atoms with Crippen LogP contribution in [0.15, 0.2) is 42.9 Å². The first-order valence-corrected chi connectivity index (χ1v) is 8.09. The number of pyridine rings is 2. The summed E-state index contributed by atoms with van der Waals surface area (Å²) in [5.41, 5.74) is 0.578. The molecular weight excluding hydrogens is 331 g/mol. The van der Waals surface area contributed by atoms with Crippen molar-refractivity contribution in [1.29, 1.82) is 0 Å². The Morgan fingerprint density at radius 1 is 1.16 bits per heavy atom. The van der Waals surface area contributed by atoms with Gasteiger partial charge in [-0.3, -0.25) is 9.78 Å². The molecule has 0 bridgehead atoms. The van der Waals surface area contributed by atoms with Gasteiger partial charge in [0, 0.05) is 42.4 Å². The quantitative estimate of drug-likeness (QED) is 0.796. The SMILES string of the molecule is O=C(c1cccnc1)C1CC2(C1)CN(c1ccc(C(F)(F)F)nc1)C2. The van der Waals surface area contributed by atoms with Crippen LogP contribution in [0.5, 0.6) is 0 Å². The Morgan fingerprint density at radius 3 is 2.48 bits per heavy atom. The Balaban J connectivity index is 1.34. The predicted molar refractivity (Wildman–Crippen MR) is 85.2 cm³/mol. The van der Waals surface area contributed by atoms with Crippen molar-refractivity contribution in [1.82, 2.24) is 9.97 Å². The standard InChI is InChI=1S/C18H16F3N3O/c19-18(20,21)15-4-3-14(9-23-15)24-10-17(11-24)6-13(7-17)16(25)12-2-1-5-22-8-12/h1-5,8-9,13H,6-7,10-11H2. The summed E-state index contributed by atoms with van der Waals surface area (Å²) in [6.07, 6.45) is 1.74. The highest BCUT2D eigenvalue weighted by Gasteiger charge is 2.54. The van der Waals surface area contributed by atoms with Crippen LogP contribution in [-0.2, 0) is 6.18 Å². The van der Waals surface area contributed by atoms with Crippen molar-refractivity contribution >= 4 is 11.5 Å². The molecule has 2 aromatic rings. The van der Waals surface area contributed by atoms with Crippen molar-refractivity contribution in [3.05, 3.63) is 54.1 Å². The van der Waals surface area contributed by atoms with Gasteiger partial charge < -0.3 is 4.90 Å². The van der Waals surface area contributed by atoms with Gasteiger partial charge in [0.1, 0.15) is 5.69 Å². The number of carbonyl (C=O) groups is 1. The number of Topliss-reactive ketones (excluding diaryl/α,β-unsaturated/α-hetero) is 1. The minimum atomic E-state index is -4.41. The number of aromatic nitrogens is 2. The monoisotopic (exact) mass is 347 g/mol. The second-order valence-electron chi connectivity index (χ2n) is 6.97. The van der Waals surface area contributed by atoms with Gasteiger partial charge in [0.2, 0.25) is 0 Å². The third kappa shape index (κ3) is 2.88. The minimum absolute atomic E-state index is 0.0251. The van der Waals surface area contributed by atoms with Gasteiger partial charge in [-0.15, -0.1) is 0 Å². The largest absolute Gasteiger partial charge is 0.433 e. The molecule has 4 rings (SSSR count). The lowest BCUT2D eigenvalue weighted by atomic mass is 9.56. The van der Waals surface area contributed by atoms with Gasteiger partial charge in [-0.25, -0.2) is 4.98 Å². The van der Waals surface area contributed by atoms with Gasteiger partial charge >= 0.3 is 6.18 Å². The zero-order valence-corrected chi connectivity index (χ0v) is 13.3. The number of alkyl halides is 3. The van der Waals surface area contributed by atoms with Gasteiger partial charge in [0.15, 0.2) is 5.78 Å². The van der Waals surface area contributed by atoms with Crippen LogP contribution in [-0.4, -0.2) is 28.8 Å². The second kappa shape index (κ2) is 5.54. The number of anilines is 1. The van der Waals surface area contributed by atoms with Crippen LogP contribution in [0, 0.1) is 11.3 Å². The third-order valence-electron chi connectivity index (χ3n) is 5.13. The van der Waals surface area contributed by atoms with Crippen molar-refractivity contribution in [2.45, 2.75) is 19.0 Å². The van der Waals surface area contributed by atoms with Crippen molar-refractivity contribution in [2.24, 2.45) is 11.3 Å². The summed E-state index contributed by atoms with van der Waals surface area (Å²) in [6.45, 7) is 1.52. The molecule has 2 fully saturated rings. The first-order valence-electron chi connectivity index (χ1n) is 8.09. The molecule has 1 spiro atoms. The van der Waals surface area contributed by atoms with Crippen molar-refractivity contribution in [3.63, 3.8) is 0 Å². The van der Waals surface area contributed by atoms with Crippen molar-refractivity contribution in [2.75, 3.05) is 18.0 Å². The molecule has 0 radical (unpaired) electrons. The van der Waals surface area contributed by atoms with Gasteiger partial charge in [-0.1, -0.05) is 0 Å². The molecule has 0 N–H and O–H groups in total. The Kier molecular flexibility index (Phi) is 3.56. The molecule has 3 heterocycles. The maximum atomic E-state index is 12.5. The third-order valence-corrected chi connectivity index (χ3v) is 5.13. The maximum absolute atomic E-state index is 12.5. The first kappa shape index (κ1) is 16.1. The molecule has 0 unspecified atom stereocenters. The van der Waals surface area contributed by atoms with Crippen LogP contribution in [0.4, 0.5) is 18.9 Å².